The van der Waals surface area contributed by atoms with Crippen molar-refractivity contribution in [3.05, 3.63) is 35.4 Å². The lowest BCUT2D eigenvalue weighted by molar-refractivity contribution is 0.458. The van der Waals surface area contributed by atoms with E-state index in [1.807, 2.05) is 38.1 Å². The number of nitrogens with zero attached hydrogens (tertiary/aromatic N) is 1. The molecule has 5 heteroatoms. The Morgan fingerprint density at radius 2 is 1.78 bits per heavy atom. The second-order valence-electron chi connectivity index (χ2n) is 4.90. The van der Waals surface area contributed by atoms with Crippen LogP contribution in [0.5, 0.6) is 0 Å². The monoisotopic (exact) mass is 270 g/mol. The summed E-state index contributed by atoms with van der Waals surface area (Å²) in [7, 11) is -1.57. The SMILES string of the molecule is CC(C)CS(=O)(=O)N(C)Cc1ccccc1CN. The molecule has 0 unspecified atom stereocenters. The molecular formula is C13H22N2O2S. The molecule has 0 saturated carbocycles. The van der Waals surface area contributed by atoms with E-state index in [0.29, 0.717) is 13.1 Å². The van der Waals surface area contributed by atoms with E-state index in [9.17, 15) is 8.42 Å². The van der Waals surface area contributed by atoms with Crippen LogP contribution in [0, 0.1) is 5.92 Å². The molecule has 1 aromatic carbocycles. The highest BCUT2D eigenvalue weighted by Crippen LogP contribution is 2.14. The molecule has 18 heavy (non-hydrogen) atoms. The molecule has 0 bridgehead atoms. The van der Waals surface area contributed by atoms with Crippen molar-refractivity contribution in [3.63, 3.8) is 0 Å². The van der Waals surface area contributed by atoms with E-state index in [1.54, 1.807) is 7.05 Å². The number of hydrogen-bond donors (Lipinski definition) is 1. The maximum atomic E-state index is 12.0. The molecule has 0 atom stereocenters. The summed E-state index contributed by atoms with van der Waals surface area (Å²) in [6.45, 7) is 4.61. The lowest BCUT2D eigenvalue weighted by Crippen LogP contribution is -2.31. The largest absolute Gasteiger partial charge is 0.326 e. The fourth-order valence-corrected chi connectivity index (χ4v) is 3.23. The van der Waals surface area contributed by atoms with Gasteiger partial charge in [0.25, 0.3) is 0 Å². The molecule has 102 valence electrons. The fourth-order valence-electron chi connectivity index (χ4n) is 1.80. The molecule has 0 aliphatic carbocycles. The quantitative estimate of drug-likeness (QED) is 0.853. The summed E-state index contributed by atoms with van der Waals surface area (Å²) in [5, 5.41) is 0. The van der Waals surface area contributed by atoms with Gasteiger partial charge in [-0.3, -0.25) is 0 Å². The van der Waals surface area contributed by atoms with Gasteiger partial charge in [0.05, 0.1) is 5.75 Å². The van der Waals surface area contributed by atoms with Gasteiger partial charge in [-0.2, -0.15) is 0 Å². The van der Waals surface area contributed by atoms with E-state index < -0.39 is 10.0 Å². The van der Waals surface area contributed by atoms with Gasteiger partial charge in [-0.15, -0.1) is 0 Å². The Balaban J connectivity index is 2.84. The average Bonchev–Trinajstić information content (AvgIpc) is 2.28. The normalized spacial score (nSPS) is 12.3. The molecule has 0 saturated heterocycles. The zero-order valence-corrected chi connectivity index (χ0v) is 12.1. The Kier molecular flexibility index (Phi) is 5.31. The summed E-state index contributed by atoms with van der Waals surface area (Å²) < 4.78 is 25.5. The lowest BCUT2D eigenvalue weighted by atomic mass is 10.1. The van der Waals surface area contributed by atoms with Crippen LogP contribution in [0.25, 0.3) is 0 Å². The van der Waals surface area contributed by atoms with Crippen LogP contribution < -0.4 is 5.73 Å². The number of benzene rings is 1. The summed E-state index contributed by atoms with van der Waals surface area (Å²) in [5.41, 5.74) is 7.61. The topological polar surface area (TPSA) is 63.4 Å². The number of hydrogen-bond acceptors (Lipinski definition) is 3. The van der Waals surface area contributed by atoms with Gasteiger partial charge in [-0.25, -0.2) is 12.7 Å². The molecule has 0 fully saturated rings. The Hall–Kier alpha value is -0.910. The lowest BCUT2D eigenvalue weighted by Gasteiger charge is -2.19. The highest BCUT2D eigenvalue weighted by atomic mass is 32.2. The van der Waals surface area contributed by atoms with E-state index in [-0.39, 0.29) is 11.7 Å². The van der Waals surface area contributed by atoms with Gasteiger partial charge in [0.2, 0.25) is 10.0 Å². The molecular weight excluding hydrogens is 248 g/mol. The second kappa shape index (κ2) is 6.31. The minimum atomic E-state index is -3.19. The molecule has 0 aromatic heterocycles. The van der Waals surface area contributed by atoms with Crippen molar-refractivity contribution in [2.75, 3.05) is 12.8 Å². The Morgan fingerprint density at radius 1 is 1.22 bits per heavy atom. The zero-order valence-electron chi connectivity index (χ0n) is 11.3. The average molecular weight is 270 g/mol. The molecule has 2 N–H and O–H groups in total. The third kappa shape index (κ3) is 4.08. The van der Waals surface area contributed by atoms with Crippen molar-refractivity contribution in [2.24, 2.45) is 11.7 Å². The van der Waals surface area contributed by atoms with Crippen molar-refractivity contribution >= 4 is 10.0 Å². The first-order valence-electron chi connectivity index (χ1n) is 6.07. The molecule has 1 rings (SSSR count). The zero-order chi connectivity index (χ0) is 13.8. The van der Waals surface area contributed by atoms with Gasteiger partial charge in [-0.05, 0) is 17.0 Å². The van der Waals surface area contributed by atoms with Crippen molar-refractivity contribution in [2.45, 2.75) is 26.9 Å². The van der Waals surface area contributed by atoms with Crippen molar-refractivity contribution in [3.8, 4) is 0 Å². The number of rotatable bonds is 6. The van der Waals surface area contributed by atoms with Gasteiger partial charge in [-0.1, -0.05) is 38.1 Å². The van der Waals surface area contributed by atoms with Crippen LogP contribution in [0.15, 0.2) is 24.3 Å². The molecule has 0 radical (unpaired) electrons. The maximum Gasteiger partial charge on any atom is 0.214 e. The van der Waals surface area contributed by atoms with Gasteiger partial charge in [0.1, 0.15) is 0 Å². The molecule has 0 aliphatic heterocycles. The highest BCUT2D eigenvalue weighted by Gasteiger charge is 2.20. The smallest absolute Gasteiger partial charge is 0.214 e. The van der Waals surface area contributed by atoms with Crippen LogP contribution >= 0.6 is 0 Å². The second-order valence-corrected chi connectivity index (χ2v) is 7.02. The van der Waals surface area contributed by atoms with Crippen LogP contribution in [-0.4, -0.2) is 25.5 Å². The van der Waals surface area contributed by atoms with Crippen LogP contribution in [0.4, 0.5) is 0 Å². The van der Waals surface area contributed by atoms with Crippen molar-refractivity contribution in [1.82, 2.24) is 4.31 Å². The van der Waals surface area contributed by atoms with Gasteiger partial charge >= 0.3 is 0 Å². The van der Waals surface area contributed by atoms with Crippen LogP contribution in [-0.2, 0) is 23.1 Å². The third-order valence-electron chi connectivity index (χ3n) is 2.75. The minimum Gasteiger partial charge on any atom is -0.326 e. The summed E-state index contributed by atoms with van der Waals surface area (Å²) in [6, 6.07) is 7.66. The van der Waals surface area contributed by atoms with Crippen LogP contribution in [0.3, 0.4) is 0 Å². The first-order valence-corrected chi connectivity index (χ1v) is 7.68. The Morgan fingerprint density at radius 3 is 2.28 bits per heavy atom. The molecule has 1 aromatic rings. The summed E-state index contributed by atoms with van der Waals surface area (Å²) in [5.74, 6) is 0.302. The first-order chi connectivity index (χ1) is 8.36. The molecule has 0 heterocycles. The van der Waals surface area contributed by atoms with Gasteiger partial charge in [0, 0.05) is 20.1 Å². The summed E-state index contributed by atoms with van der Waals surface area (Å²) in [6.07, 6.45) is 0. The van der Waals surface area contributed by atoms with Crippen molar-refractivity contribution in [1.29, 1.82) is 0 Å². The number of sulfonamides is 1. The molecule has 0 aliphatic rings. The predicted molar refractivity (Wildman–Crippen MR) is 74.4 cm³/mol. The van der Waals surface area contributed by atoms with Gasteiger partial charge < -0.3 is 5.73 Å². The highest BCUT2D eigenvalue weighted by molar-refractivity contribution is 7.89. The Bertz CT molecular complexity index is 484. The Labute approximate surface area is 110 Å². The van der Waals surface area contributed by atoms with E-state index >= 15 is 0 Å². The van der Waals surface area contributed by atoms with E-state index in [0.717, 1.165) is 11.1 Å². The minimum absolute atomic E-state index is 0.127. The molecule has 0 spiro atoms. The maximum absolute atomic E-state index is 12.0. The summed E-state index contributed by atoms with van der Waals surface area (Å²) >= 11 is 0. The first kappa shape index (κ1) is 15.1. The molecule has 0 amide bonds. The fraction of sp³-hybridized carbons (Fsp3) is 0.538. The van der Waals surface area contributed by atoms with E-state index in [1.165, 1.54) is 4.31 Å². The van der Waals surface area contributed by atoms with Gasteiger partial charge in [0.15, 0.2) is 0 Å². The summed E-state index contributed by atoms with van der Waals surface area (Å²) in [4.78, 5) is 0. The van der Waals surface area contributed by atoms with Crippen LogP contribution in [0.2, 0.25) is 0 Å². The van der Waals surface area contributed by atoms with Crippen molar-refractivity contribution < 1.29 is 8.42 Å². The van der Waals surface area contributed by atoms with E-state index in [2.05, 4.69) is 0 Å². The predicted octanol–water partition coefficient (Wildman–Crippen LogP) is 1.56. The van der Waals surface area contributed by atoms with Crippen LogP contribution in [0.1, 0.15) is 25.0 Å². The standard InChI is InChI=1S/C13H22N2O2S/c1-11(2)10-18(16,17)15(3)9-13-7-5-4-6-12(13)8-14/h4-7,11H,8-10,14H2,1-3H3. The number of nitrogens with two attached hydrogens (primary N) is 1. The van der Waals surface area contributed by atoms with E-state index in [4.69, 9.17) is 5.73 Å². The molecule has 4 nitrogen and oxygen atoms in total. The third-order valence-corrected chi connectivity index (χ3v) is 4.92.